The summed E-state index contributed by atoms with van der Waals surface area (Å²) < 4.78 is 0. The van der Waals surface area contributed by atoms with E-state index in [-0.39, 0.29) is 6.61 Å². The van der Waals surface area contributed by atoms with Crippen molar-refractivity contribution in [3.8, 4) is 0 Å². The molecule has 1 aliphatic heterocycles. The van der Waals surface area contributed by atoms with Gasteiger partial charge in [-0.15, -0.1) is 0 Å². The van der Waals surface area contributed by atoms with Crippen molar-refractivity contribution < 1.29 is 5.11 Å². The van der Waals surface area contributed by atoms with E-state index >= 15 is 0 Å². The second-order valence-corrected chi connectivity index (χ2v) is 8.14. The number of anilines is 2. The van der Waals surface area contributed by atoms with Crippen LogP contribution in [0.1, 0.15) is 5.56 Å². The van der Waals surface area contributed by atoms with Crippen molar-refractivity contribution in [1.82, 2.24) is 4.90 Å². The minimum absolute atomic E-state index is 0.220. The van der Waals surface area contributed by atoms with Crippen LogP contribution in [-0.2, 0) is 5.75 Å². The van der Waals surface area contributed by atoms with Gasteiger partial charge in [0.15, 0.2) is 10.3 Å². The maximum Gasteiger partial charge on any atom is 0.199 e. The first kappa shape index (κ1) is 21.6. The van der Waals surface area contributed by atoms with Gasteiger partial charge in [0.05, 0.1) is 6.61 Å². The molecule has 1 saturated heterocycles. The first-order valence-corrected chi connectivity index (χ1v) is 11.0. The van der Waals surface area contributed by atoms with Crippen LogP contribution in [0.2, 0.25) is 0 Å². The molecule has 0 spiro atoms. The number of benzene rings is 2. The van der Waals surface area contributed by atoms with Gasteiger partial charge in [-0.2, -0.15) is 4.99 Å². The van der Waals surface area contributed by atoms with Gasteiger partial charge < -0.3 is 21.1 Å². The molecule has 0 aliphatic carbocycles. The number of aliphatic imine (C=N–C) groups is 1. The Balaban J connectivity index is 1.47. The molecule has 1 fully saturated rings. The molecule has 0 amide bonds. The molecule has 2 aromatic carbocycles. The Morgan fingerprint density at radius 2 is 1.76 bits per heavy atom. The van der Waals surface area contributed by atoms with E-state index < -0.39 is 0 Å². The van der Waals surface area contributed by atoms with Crippen molar-refractivity contribution in [1.29, 1.82) is 0 Å². The molecule has 4 N–H and O–H groups in total. The van der Waals surface area contributed by atoms with Gasteiger partial charge in [0.1, 0.15) is 0 Å². The predicted molar refractivity (Wildman–Crippen MR) is 128 cm³/mol. The van der Waals surface area contributed by atoms with Crippen LogP contribution in [0.25, 0.3) is 0 Å². The van der Waals surface area contributed by atoms with Gasteiger partial charge in [-0.25, -0.2) is 0 Å². The number of thioether (sulfide) groups is 1. The van der Waals surface area contributed by atoms with E-state index in [1.54, 1.807) is 0 Å². The number of piperazine rings is 1. The fourth-order valence-corrected chi connectivity index (χ4v) is 4.08. The molecule has 1 heterocycles. The Labute approximate surface area is 181 Å². The topological polar surface area (TPSA) is 77.1 Å². The largest absolute Gasteiger partial charge is 0.395 e. The van der Waals surface area contributed by atoms with Crippen molar-refractivity contribution in [3.05, 3.63) is 60.2 Å². The highest BCUT2D eigenvalue weighted by molar-refractivity contribution is 8.13. The van der Waals surface area contributed by atoms with Gasteiger partial charge in [-0.1, -0.05) is 42.1 Å². The third-order valence-corrected chi connectivity index (χ3v) is 5.77. The van der Waals surface area contributed by atoms with E-state index in [0.717, 1.165) is 44.2 Å². The summed E-state index contributed by atoms with van der Waals surface area (Å²) in [5, 5.41) is 13.0. The zero-order valence-electron chi connectivity index (χ0n) is 16.3. The van der Waals surface area contributed by atoms with Crippen molar-refractivity contribution in [3.63, 3.8) is 0 Å². The Bertz CT molecular complexity index is 806. The number of aliphatic hydroxyl groups excluding tert-OH is 1. The molecule has 0 radical (unpaired) electrons. The molecule has 0 aromatic heterocycles. The van der Waals surface area contributed by atoms with Gasteiger partial charge in [0.25, 0.3) is 0 Å². The number of amidine groups is 1. The lowest BCUT2D eigenvalue weighted by Crippen LogP contribution is -2.47. The fourth-order valence-electron chi connectivity index (χ4n) is 3.14. The summed E-state index contributed by atoms with van der Waals surface area (Å²) in [4.78, 5) is 8.90. The summed E-state index contributed by atoms with van der Waals surface area (Å²) in [6.07, 6.45) is 0. The SMILES string of the molecule is N/C(=N\C(=S)Nc1ccc(N2CCN(CCO)CC2)cc1)SCc1ccccc1. The molecule has 3 rings (SSSR count). The smallest absolute Gasteiger partial charge is 0.199 e. The highest BCUT2D eigenvalue weighted by Crippen LogP contribution is 2.20. The molecule has 1 aliphatic rings. The highest BCUT2D eigenvalue weighted by Gasteiger charge is 2.16. The van der Waals surface area contributed by atoms with E-state index in [0.29, 0.717) is 10.3 Å². The molecule has 0 bridgehead atoms. The third-order valence-electron chi connectivity index (χ3n) is 4.71. The number of rotatable bonds is 6. The van der Waals surface area contributed by atoms with Gasteiger partial charge in [-0.05, 0) is 42.0 Å². The second-order valence-electron chi connectivity index (χ2n) is 6.75. The molecule has 0 unspecified atom stereocenters. The van der Waals surface area contributed by atoms with Crippen LogP contribution < -0.4 is 16.0 Å². The van der Waals surface area contributed by atoms with Crippen LogP contribution in [-0.4, -0.2) is 59.6 Å². The lowest BCUT2D eigenvalue weighted by molar-refractivity contribution is 0.189. The minimum atomic E-state index is 0.220. The number of thiocarbonyl (C=S) groups is 1. The number of nitrogens with two attached hydrogens (primary N) is 1. The lowest BCUT2D eigenvalue weighted by Gasteiger charge is -2.35. The van der Waals surface area contributed by atoms with E-state index in [1.165, 1.54) is 23.0 Å². The monoisotopic (exact) mass is 429 g/mol. The lowest BCUT2D eigenvalue weighted by atomic mass is 10.2. The zero-order valence-corrected chi connectivity index (χ0v) is 18.0. The molecule has 0 atom stereocenters. The summed E-state index contributed by atoms with van der Waals surface area (Å²) in [7, 11) is 0. The van der Waals surface area contributed by atoms with Gasteiger partial charge in [0.2, 0.25) is 0 Å². The van der Waals surface area contributed by atoms with E-state index in [4.69, 9.17) is 23.1 Å². The van der Waals surface area contributed by atoms with Crippen LogP contribution in [0.4, 0.5) is 11.4 Å². The van der Waals surface area contributed by atoms with Crippen molar-refractivity contribution in [2.45, 2.75) is 5.75 Å². The Morgan fingerprint density at radius 1 is 1.07 bits per heavy atom. The summed E-state index contributed by atoms with van der Waals surface area (Å²) in [5.41, 5.74) is 9.26. The molecule has 2 aromatic rings. The number of nitrogens with zero attached hydrogens (tertiary/aromatic N) is 3. The van der Waals surface area contributed by atoms with Crippen molar-refractivity contribution in [2.75, 3.05) is 49.5 Å². The van der Waals surface area contributed by atoms with Crippen LogP contribution in [0.15, 0.2) is 59.6 Å². The Morgan fingerprint density at radius 3 is 2.41 bits per heavy atom. The van der Waals surface area contributed by atoms with Crippen LogP contribution in [0.3, 0.4) is 0 Å². The van der Waals surface area contributed by atoms with Gasteiger partial charge in [-0.3, -0.25) is 4.90 Å². The minimum Gasteiger partial charge on any atom is -0.395 e. The maximum absolute atomic E-state index is 9.05. The maximum atomic E-state index is 9.05. The molecule has 29 heavy (non-hydrogen) atoms. The number of nitrogens with one attached hydrogen (secondary N) is 1. The van der Waals surface area contributed by atoms with Crippen LogP contribution in [0, 0.1) is 0 Å². The normalized spacial score (nSPS) is 15.3. The van der Waals surface area contributed by atoms with Gasteiger partial charge in [0, 0.05) is 49.9 Å². The summed E-state index contributed by atoms with van der Waals surface area (Å²) in [6.45, 7) is 4.84. The Kier molecular flexibility index (Phi) is 8.30. The third kappa shape index (κ3) is 7.01. The summed E-state index contributed by atoms with van der Waals surface area (Å²) in [5.74, 6) is 0.763. The average molecular weight is 430 g/mol. The predicted octanol–water partition coefficient (Wildman–Crippen LogP) is 2.75. The standard InChI is InChI=1S/C21H27N5OS2/c22-20(29-16-17-4-2-1-3-5-17)24-21(28)23-18-6-8-19(9-7-18)26-12-10-25(11-13-26)14-15-27/h1-9,27H,10-16H2,(H3,22,23,24,28). The van der Waals surface area contributed by atoms with E-state index in [9.17, 15) is 0 Å². The van der Waals surface area contributed by atoms with Gasteiger partial charge >= 0.3 is 0 Å². The molecule has 154 valence electrons. The average Bonchev–Trinajstić information content (AvgIpc) is 2.74. The molecular formula is C21H27N5OS2. The summed E-state index contributed by atoms with van der Waals surface area (Å²) >= 11 is 6.78. The van der Waals surface area contributed by atoms with E-state index in [2.05, 4.69) is 44.4 Å². The van der Waals surface area contributed by atoms with E-state index in [1.807, 2.05) is 30.3 Å². The second kappa shape index (κ2) is 11.2. The van der Waals surface area contributed by atoms with Crippen LogP contribution >= 0.6 is 24.0 Å². The number of hydrogen-bond donors (Lipinski definition) is 3. The first-order valence-electron chi connectivity index (χ1n) is 9.64. The highest BCUT2D eigenvalue weighted by atomic mass is 32.2. The molecule has 0 saturated carbocycles. The number of hydrogen-bond acceptors (Lipinski definition) is 5. The summed E-state index contributed by atoms with van der Waals surface area (Å²) in [6, 6.07) is 18.3. The number of aliphatic hydroxyl groups is 1. The van der Waals surface area contributed by atoms with Crippen molar-refractivity contribution in [2.24, 2.45) is 10.7 Å². The Hall–Kier alpha value is -2.13. The zero-order chi connectivity index (χ0) is 20.5. The number of β-amino-alcohol motifs (C(OH)–C–C–N with tert-alkyl or cyclic N) is 1. The molecular weight excluding hydrogens is 402 g/mol. The quantitative estimate of drug-likeness (QED) is 0.370. The fraction of sp³-hybridized carbons (Fsp3) is 0.333. The first-order chi connectivity index (χ1) is 14.1. The van der Waals surface area contributed by atoms with Crippen molar-refractivity contribution >= 4 is 45.6 Å². The molecule has 8 heteroatoms. The molecule has 6 nitrogen and oxygen atoms in total. The van der Waals surface area contributed by atoms with Crippen LogP contribution in [0.5, 0.6) is 0 Å².